The Kier molecular flexibility index (Phi) is 5.74. The number of anilines is 2. The topological polar surface area (TPSA) is 96.6 Å². The number of benzene rings is 2. The summed E-state index contributed by atoms with van der Waals surface area (Å²) in [5, 5.41) is 5.50. The van der Waals surface area contributed by atoms with Crippen LogP contribution in [0.2, 0.25) is 0 Å². The van der Waals surface area contributed by atoms with Crippen LogP contribution < -0.4 is 14.9 Å². The smallest absolute Gasteiger partial charge is 0.294 e. The Hall–Kier alpha value is -2.89. The number of urea groups is 1. The number of nitrogens with zero attached hydrogens (tertiary/aromatic N) is 3. The maximum Gasteiger partial charge on any atom is 0.330 e. The first-order valence-electron chi connectivity index (χ1n) is 9.69. The van der Waals surface area contributed by atoms with Crippen LogP contribution in [0.25, 0.3) is 11.1 Å². The van der Waals surface area contributed by atoms with Crippen LogP contribution in [-0.4, -0.2) is 32.5 Å². The fourth-order valence-corrected chi connectivity index (χ4v) is 5.60. The van der Waals surface area contributed by atoms with E-state index in [1.807, 2.05) is 6.92 Å². The number of primary sulfonamides is 1. The Bertz CT molecular complexity index is 1290. The third kappa shape index (κ3) is 4.23. The summed E-state index contributed by atoms with van der Waals surface area (Å²) in [5.41, 5.74) is 1.43. The van der Waals surface area contributed by atoms with E-state index >= 15 is 0 Å². The molecule has 3 aromatic rings. The van der Waals surface area contributed by atoms with Gasteiger partial charge in [-0.3, -0.25) is 9.80 Å². The lowest BCUT2D eigenvalue weighted by atomic mass is 10.0. The largest absolute Gasteiger partial charge is 0.330 e. The van der Waals surface area contributed by atoms with Crippen molar-refractivity contribution in [1.82, 2.24) is 4.98 Å². The molecule has 2 aromatic carbocycles. The van der Waals surface area contributed by atoms with E-state index in [-0.39, 0.29) is 32.5 Å². The van der Waals surface area contributed by atoms with Gasteiger partial charge in [-0.15, -0.1) is 0 Å². The third-order valence-corrected chi connectivity index (χ3v) is 7.83. The summed E-state index contributed by atoms with van der Waals surface area (Å²) in [6.45, 7) is 4.30. The van der Waals surface area contributed by atoms with Crippen LogP contribution in [0.4, 0.5) is 24.4 Å². The Morgan fingerprint density at radius 1 is 1.09 bits per heavy atom. The molecule has 0 saturated carbocycles. The van der Waals surface area contributed by atoms with Gasteiger partial charge >= 0.3 is 6.03 Å². The van der Waals surface area contributed by atoms with Crippen molar-refractivity contribution in [2.45, 2.75) is 18.1 Å². The van der Waals surface area contributed by atoms with Gasteiger partial charge in [-0.2, -0.15) is 0 Å². The molecule has 0 unspecified atom stereocenters. The maximum atomic E-state index is 14.1. The van der Waals surface area contributed by atoms with Crippen LogP contribution in [0, 0.1) is 24.5 Å². The van der Waals surface area contributed by atoms with Gasteiger partial charge in [-0.1, -0.05) is 30.4 Å². The number of hydrogen-bond acceptors (Lipinski definition) is 5. The van der Waals surface area contributed by atoms with Crippen molar-refractivity contribution < 1.29 is 22.0 Å². The fraction of sp³-hybridized carbons (Fsp3) is 0.238. The molecule has 0 spiro atoms. The number of sulfonamides is 1. The molecule has 1 aliphatic rings. The summed E-state index contributed by atoms with van der Waals surface area (Å²) in [6, 6.07) is 9.45. The monoisotopic (exact) mass is 478 g/mol. The molecule has 11 heteroatoms. The molecule has 1 aromatic heterocycles. The first-order valence-corrected chi connectivity index (χ1v) is 12.1. The number of hydrogen-bond donors (Lipinski definition) is 1. The second-order valence-electron chi connectivity index (χ2n) is 7.69. The van der Waals surface area contributed by atoms with Gasteiger partial charge in [0.2, 0.25) is 10.0 Å². The molecule has 2 amide bonds. The molecule has 1 fully saturated rings. The second kappa shape index (κ2) is 8.23. The molecule has 2 heterocycles. The summed E-state index contributed by atoms with van der Waals surface area (Å²) < 4.78 is 51.1. The summed E-state index contributed by atoms with van der Waals surface area (Å²) in [5.74, 6) is -1.02. The van der Waals surface area contributed by atoms with Crippen molar-refractivity contribution in [2.24, 2.45) is 11.1 Å². The van der Waals surface area contributed by atoms with Crippen molar-refractivity contribution in [1.29, 1.82) is 0 Å². The molecule has 0 bridgehead atoms. The molecule has 0 radical (unpaired) electrons. The lowest BCUT2D eigenvalue weighted by molar-refractivity contribution is 0.245. The maximum absolute atomic E-state index is 14.1. The average Bonchev–Trinajstić information content (AvgIpc) is 3.13. The van der Waals surface area contributed by atoms with Gasteiger partial charge < -0.3 is 0 Å². The number of aromatic nitrogens is 1. The number of nitrogens with two attached hydrogens (primary N) is 1. The highest BCUT2D eigenvalue weighted by atomic mass is 32.2. The number of halogens is 2. The zero-order chi connectivity index (χ0) is 23.2. The molecule has 1 saturated heterocycles. The van der Waals surface area contributed by atoms with E-state index in [2.05, 4.69) is 4.98 Å². The van der Waals surface area contributed by atoms with Crippen molar-refractivity contribution in [3.8, 4) is 11.1 Å². The molecule has 1 aliphatic heterocycles. The van der Waals surface area contributed by atoms with Gasteiger partial charge in [0.1, 0.15) is 11.6 Å². The van der Waals surface area contributed by atoms with E-state index in [0.29, 0.717) is 24.3 Å². The van der Waals surface area contributed by atoms with Gasteiger partial charge in [0, 0.05) is 24.3 Å². The van der Waals surface area contributed by atoms with E-state index in [1.54, 1.807) is 29.2 Å². The molecule has 7 nitrogen and oxygen atoms in total. The number of carbonyl (C=O) groups is 1. The predicted octanol–water partition coefficient (Wildman–Crippen LogP) is 4.13. The van der Waals surface area contributed by atoms with Crippen molar-refractivity contribution in [2.75, 3.05) is 22.9 Å². The van der Waals surface area contributed by atoms with Crippen LogP contribution in [0.15, 0.2) is 46.7 Å². The minimum absolute atomic E-state index is 0.0650. The van der Waals surface area contributed by atoms with Crippen molar-refractivity contribution in [3.05, 3.63) is 59.8 Å². The number of amides is 2. The Balaban J connectivity index is 1.64. The zero-order valence-corrected chi connectivity index (χ0v) is 18.9. The number of aryl methyl sites for hydroxylation is 1. The van der Waals surface area contributed by atoms with E-state index < -0.39 is 21.7 Å². The quantitative estimate of drug-likeness (QED) is 0.610. The summed E-state index contributed by atoms with van der Waals surface area (Å²) in [4.78, 5) is 20.5. The summed E-state index contributed by atoms with van der Waals surface area (Å²) in [7, 11) is -3.94. The van der Waals surface area contributed by atoms with Gasteiger partial charge in [0.05, 0.1) is 5.69 Å². The van der Waals surface area contributed by atoms with Gasteiger partial charge in [-0.05, 0) is 48.7 Å². The minimum atomic E-state index is -3.94. The van der Waals surface area contributed by atoms with Crippen LogP contribution in [0.1, 0.15) is 12.6 Å². The molecule has 32 heavy (non-hydrogen) atoms. The van der Waals surface area contributed by atoms with Gasteiger partial charge in [-0.25, -0.2) is 32.1 Å². The SMILES string of the molecule is Cc1nc(N2C[C@@H](C)CN(c3ccc(-c4cc(F)ccc4F)cc3)C2=O)sc1S(N)(=O)=O. The number of thiazole rings is 1. The molecule has 168 valence electrons. The van der Waals surface area contributed by atoms with Crippen LogP contribution >= 0.6 is 11.3 Å². The Morgan fingerprint density at radius 3 is 2.38 bits per heavy atom. The Labute approximate surface area is 188 Å². The first kappa shape index (κ1) is 22.3. The number of rotatable bonds is 4. The molecule has 4 rings (SSSR count). The number of carbonyl (C=O) groups excluding carboxylic acids is 1. The van der Waals surface area contributed by atoms with Crippen LogP contribution in [0.5, 0.6) is 0 Å². The standard InChI is InChI=1S/C21H20F2N4O3S2/c1-12-10-26(16-6-3-14(4-7-16)17-9-15(22)5-8-18(17)23)21(28)27(11-12)20-25-13(2)19(31-20)32(24,29)30/h3-9,12H,10-11H2,1-2H3,(H2,24,29,30)/t12-/m0/s1. The van der Waals surface area contributed by atoms with E-state index in [1.165, 1.54) is 11.8 Å². The summed E-state index contributed by atoms with van der Waals surface area (Å²) in [6.07, 6.45) is 0. The Morgan fingerprint density at radius 2 is 1.75 bits per heavy atom. The normalized spacial score (nSPS) is 17.2. The highest BCUT2D eigenvalue weighted by Crippen LogP contribution is 2.34. The van der Waals surface area contributed by atoms with Gasteiger partial charge in [0.25, 0.3) is 0 Å². The molecule has 1 atom stereocenters. The molecular formula is C21H20F2N4O3S2. The highest BCUT2D eigenvalue weighted by molar-refractivity contribution is 7.91. The van der Waals surface area contributed by atoms with Crippen molar-refractivity contribution in [3.63, 3.8) is 0 Å². The van der Waals surface area contributed by atoms with Crippen molar-refractivity contribution >= 4 is 38.2 Å². The summed E-state index contributed by atoms with van der Waals surface area (Å²) >= 11 is 0.856. The van der Waals surface area contributed by atoms with E-state index in [4.69, 9.17) is 5.14 Å². The highest BCUT2D eigenvalue weighted by Gasteiger charge is 2.34. The van der Waals surface area contributed by atoms with E-state index in [0.717, 1.165) is 29.5 Å². The zero-order valence-electron chi connectivity index (χ0n) is 17.2. The molecule has 2 N–H and O–H groups in total. The first-order chi connectivity index (χ1) is 15.0. The lowest BCUT2D eigenvalue weighted by Crippen LogP contribution is -2.53. The third-order valence-electron chi connectivity index (χ3n) is 5.10. The minimum Gasteiger partial charge on any atom is -0.294 e. The van der Waals surface area contributed by atoms with E-state index in [9.17, 15) is 22.0 Å². The van der Waals surface area contributed by atoms with Crippen LogP contribution in [0.3, 0.4) is 0 Å². The van der Waals surface area contributed by atoms with Gasteiger partial charge in [0.15, 0.2) is 9.34 Å². The fourth-order valence-electron chi connectivity index (χ4n) is 3.65. The van der Waals surface area contributed by atoms with Crippen LogP contribution in [-0.2, 0) is 10.0 Å². The average molecular weight is 479 g/mol. The molecule has 0 aliphatic carbocycles. The second-order valence-corrected chi connectivity index (χ2v) is 10.4. The lowest BCUT2D eigenvalue weighted by Gasteiger charge is -2.37. The molecular weight excluding hydrogens is 458 g/mol. The predicted molar refractivity (Wildman–Crippen MR) is 119 cm³/mol.